The van der Waals surface area contributed by atoms with Crippen LogP contribution in [0.5, 0.6) is 0 Å². The minimum absolute atomic E-state index is 0.285. The highest BCUT2D eigenvalue weighted by atomic mass is 79.9. The zero-order valence-electron chi connectivity index (χ0n) is 8.18. The van der Waals surface area contributed by atoms with Gasteiger partial charge in [0.25, 0.3) is 0 Å². The number of rotatable bonds is 3. The van der Waals surface area contributed by atoms with Crippen molar-refractivity contribution >= 4 is 15.9 Å². The van der Waals surface area contributed by atoms with Crippen LogP contribution in [-0.2, 0) is 6.42 Å². The number of hydrogen-bond donors (Lipinski definition) is 1. The Balaban J connectivity index is 2.70. The molecule has 0 aliphatic heterocycles. The molecule has 0 bridgehead atoms. The molecular weight excluding hydrogens is 226 g/mol. The minimum atomic E-state index is 0.285. The predicted octanol–water partition coefficient (Wildman–Crippen LogP) is 3.04. The normalized spacial score (nSPS) is 12.9. The van der Waals surface area contributed by atoms with Crippen LogP contribution in [0.2, 0.25) is 0 Å². The van der Waals surface area contributed by atoms with Gasteiger partial charge in [-0.2, -0.15) is 0 Å². The average Bonchev–Trinajstić information content (AvgIpc) is 2.06. The lowest BCUT2D eigenvalue weighted by atomic mass is 10.0. The summed E-state index contributed by atoms with van der Waals surface area (Å²) in [6.07, 6.45) is 2.10. The Morgan fingerprint density at radius 2 is 2.15 bits per heavy atom. The summed E-state index contributed by atoms with van der Waals surface area (Å²) in [5.74, 6) is 0. The van der Waals surface area contributed by atoms with Crippen LogP contribution in [-0.4, -0.2) is 6.04 Å². The van der Waals surface area contributed by atoms with Crippen molar-refractivity contribution in [1.82, 2.24) is 0 Å². The molecule has 1 aromatic rings. The smallest absolute Gasteiger partial charge is 0.0207 e. The van der Waals surface area contributed by atoms with Crippen molar-refractivity contribution in [3.05, 3.63) is 33.8 Å². The molecular formula is C11H16BrN. The lowest BCUT2D eigenvalue weighted by Crippen LogP contribution is -2.15. The molecule has 0 aliphatic carbocycles. The molecule has 0 radical (unpaired) electrons. The highest BCUT2D eigenvalue weighted by molar-refractivity contribution is 9.10. The Hall–Kier alpha value is -0.340. The maximum Gasteiger partial charge on any atom is 0.0207 e. The first kappa shape index (κ1) is 10.7. The number of benzene rings is 1. The first-order valence-electron chi connectivity index (χ1n) is 4.60. The molecule has 0 spiro atoms. The summed E-state index contributed by atoms with van der Waals surface area (Å²) >= 11 is 3.54. The van der Waals surface area contributed by atoms with Crippen molar-refractivity contribution < 1.29 is 0 Å². The monoisotopic (exact) mass is 241 g/mol. The van der Waals surface area contributed by atoms with Crippen molar-refractivity contribution in [1.29, 1.82) is 0 Å². The van der Waals surface area contributed by atoms with Crippen LogP contribution in [0.25, 0.3) is 0 Å². The Kier molecular flexibility index (Phi) is 3.94. The summed E-state index contributed by atoms with van der Waals surface area (Å²) in [6.45, 7) is 4.16. The largest absolute Gasteiger partial charge is 0.328 e. The van der Waals surface area contributed by atoms with E-state index in [0.29, 0.717) is 0 Å². The Bertz CT molecular complexity index is 281. The summed E-state index contributed by atoms with van der Waals surface area (Å²) in [4.78, 5) is 0. The van der Waals surface area contributed by atoms with Crippen molar-refractivity contribution in [2.24, 2.45) is 5.73 Å². The third kappa shape index (κ3) is 3.49. The Labute approximate surface area is 88.5 Å². The lowest BCUT2D eigenvalue weighted by Gasteiger charge is -2.07. The van der Waals surface area contributed by atoms with Gasteiger partial charge < -0.3 is 5.73 Å². The van der Waals surface area contributed by atoms with Crippen LogP contribution >= 0.6 is 15.9 Å². The second-order valence-electron chi connectivity index (χ2n) is 3.61. The molecule has 0 fully saturated rings. The van der Waals surface area contributed by atoms with Crippen LogP contribution in [0.15, 0.2) is 22.7 Å². The van der Waals surface area contributed by atoms with Crippen LogP contribution in [0, 0.1) is 6.92 Å². The topological polar surface area (TPSA) is 26.0 Å². The van der Waals surface area contributed by atoms with Gasteiger partial charge in [0.2, 0.25) is 0 Å². The van der Waals surface area contributed by atoms with Gasteiger partial charge in [-0.15, -0.1) is 0 Å². The third-order valence-electron chi connectivity index (χ3n) is 2.07. The highest BCUT2D eigenvalue weighted by Gasteiger charge is 2.01. The molecule has 0 aliphatic rings. The van der Waals surface area contributed by atoms with E-state index in [1.165, 1.54) is 15.6 Å². The van der Waals surface area contributed by atoms with Gasteiger partial charge in [0.05, 0.1) is 0 Å². The number of hydrogen-bond acceptors (Lipinski definition) is 1. The zero-order chi connectivity index (χ0) is 9.84. The molecule has 1 rings (SSSR count). The summed E-state index contributed by atoms with van der Waals surface area (Å²) in [6, 6.07) is 6.71. The van der Waals surface area contributed by atoms with E-state index in [1.807, 2.05) is 6.92 Å². The molecule has 13 heavy (non-hydrogen) atoms. The lowest BCUT2D eigenvalue weighted by molar-refractivity contribution is 0.665. The second-order valence-corrected chi connectivity index (χ2v) is 4.47. The van der Waals surface area contributed by atoms with Gasteiger partial charge in [-0.1, -0.05) is 33.6 Å². The molecule has 2 N–H and O–H groups in total. The van der Waals surface area contributed by atoms with Gasteiger partial charge in [-0.25, -0.2) is 0 Å². The third-order valence-corrected chi connectivity index (χ3v) is 2.84. The molecule has 1 aromatic carbocycles. The molecule has 0 unspecified atom stereocenters. The summed E-state index contributed by atoms with van der Waals surface area (Å²) < 4.78 is 1.19. The van der Waals surface area contributed by atoms with E-state index < -0.39 is 0 Å². The number of aryl methyl sites for hydroxylation is 2. The first-order chi connectivity index (χ1) is 6.09. The molecule has 0 saturated heterocycles. The summed E-state index contributed by atoms with van der Waals surface area (Å²) in [5, 5.41) is 0. The van der Waals surface area contributed by atoms with Gasteiger partial charge >= 0.3 is 0 Å². The van der Waals surface area contributed by atoms with Crippen LogP contribution in [0.1, 0.15) is 24.5 Å². The second kappa shape index (κ2) is 4.77. The standard InChI is InChI=1S/C11H16BrN/c1-8-3-6-11(12)10(7-8)5-4-9(2)13/h3,6-7,9H,4-5,13H2,1-2H3/t9-/m1/s1. The number of nitrogens with two attached hydrogens (primary N) is 1. The van der Waals surface area contributed by atoms with Crippen LogP contribution in [0.3, 0.4) is 0 Å². The average molecular weight is 242 g/mol. The van der Waals surface area contributed by atoms with E-state index in [4.69, 9.17) is 5.73 Å². The van der Waals surface area contributed by atoms with E-state index in [2.05, 4.69) is 41.1 Å². The number of halogens is 1. The Morgan fingerprint density at radius 3 is 2.77 bits per heavy atom. The maximum atomic E-state index is 5.71. The van der Waals surface area contributed by atoms with E-state index >= 15 is 0 Å². The maximum absolute atomic E-state index is 5.71. The SMILES string of the molecule is Cc1ccc(Br)c(CC[C@@H](C)N)c1. The van der Waals surface area contributed by atoms with Crippen molar-refractivity contribution in [2.45, 2.75) is 32.7 Å². The zero-order valence-corrected chi connectivity index (χ0v) is 9.76. The molecule has 72 valence electrons. The summed E-state index contributed by atoms with van der Waals surface area (Å²) in [5.41, 5.74) is 8.38. The molecule has 0 aromatic heterocycles. The van der Waals surface area contributed by atoms with Gasteiger partial charge in [0.15, 0.2) is 0 Å². The van der Waals surface area contributed by atoms with Crippen LogP contribution in [0.4, 0.5) is 0 Å². The quantitative estimate of drug-likeness (QED) is 0.866. The molecule has 1 atom stereocenters. The molecule has 2 heteroatoms. The molecule has 0 amide bonds. The fraction of sp³-hybridized carbons (Fsp3) is 0.455. The summed E-state index contributed by atoms with van der Waals surface area (Å²) in [7, 11) is 0. The molecule has 1 nitrogen and oxygen atoms in total. The fourth-order valence-corrected chi connectivity index (χ4v) is 1.72. The highest BCUT2D eigenvalue weighted by Crippen LogP contribution is 2.19. The van der Waals surface area contributed by atoms with Crippen molar-refractivity contribution in [3.63, 3.8) is 0 Å². The predicted molar refractivity (Wildman–Crippen MR) is 60.8 cm³/mol. The van der Waals surface area contributed by atoms with Crippen molar-refractivity contribution in [2.75, 3.05) is 0 Å². The van der Waals surface area contributed by atoms with Gasteiger partial charge in [-0.3, -0.25) is 0 Å². The van der Waals surface area contributed by atoms with Crippen molar-refractivity contribution in [3.8, 4) is 0 Å². The fourth-order valence-electron chi connectivity index (χ4n) is 1.28. The van der Waals surface area contributed by atoms with Gasteiger partial charge in [0.1, 0.15) is 0 Å². The molecule has 0 saturated carbocycles. The van der Waals surface area contributed by atoms with E-state index in [1.54, 1.807) is 0 Å². The Morgan fingerprint density at radius 1 is 1.46 bits per heavy atom. The van der Waals surface area contributed by atoms with E-state index in [-0.39, 0.29) is 6.04 Å². The molecule has 0 heterocycles. The van der Waals surface area contributed by atoms with Gasteiger partial charge in [0, 0.05) is 10.5 Å². The minimum Gasteiger partial charge on any atom is -0.328 e. The first-order valence-corrected chi connectivity index (χ1v) is 5.39. The van der Waals surface area contributed by atoms with E-state index in [9.17, 15) is 0 Å². The van der Waals surface area contributed by atoms with Crippen LogP contribution < -0.4 is 5.73 Å². The van der Waals surface area contributed by atoms with Gasteiger partial charge in [-0.05, 0) is 38.3 Å². The van der Waals surface area contributed by atoms with E-state index in [0.717, 1.165) is 12.8 Å².